The lowest BCUT2D eigenvalue weighted by Crippen LogP contribution is -1.86. The van der Waals surface area contributed by atoms with E-state index in [1.807, 2.05) is 18.2 Å². The van der Waals surface area contributed by atoms with Gasteiger partial charge in [-0.15, -0.1) is 0 Å². The van der Waals surface area contributed by atoms with Crippen molar-refractivity contribution in [2.45, 2.75) is 0 Å². The number of rotatable bonds is 3. The average Bonchev–Trinajstić information content (AvgIpc) is 2.81. The summed E-state index contributed by atoms with van der Waals surface area (Å²) in [5.41, 5.74) is 3.54. The van der Waals surface area contributed by atoms with Crippen molar-refractivity contribution in [1.29, 1.82) is 0 Å². The Kier molecular flexibility index (Phi) is 2.88. The molecule has 2 heteroatoms. The Hall–Kier alpha value is -1.54. The van der Waals surface area contributed by atoms with Crippen molar-refractivity contribution in [2.75, 3.05) is 7.11 Å². The second-order valence-electron chi connectivity index (χ2n) is 3.17. The van der Waals surface area contributed by atoms with Crippen LogP contribution in [0.1, 0.15) is 5.56 Å². The number of ether oxygens (including phenoxy) is 1. The maximum atomic E-state index is 5.18. The van der Waals surface area contributed by atoms with E-state index in [0.29, 0.717) is 0 Å². The summed E-state index contributed by atoms with van der Waals surface area (Å²) < 4.78 is 5.18. The lowest BCUT2D eigenvalue weighted by Gasteiger charge is -2.06. The maximum absolute atomic E-state index is 5.18. The van der Waals surface area contributed by atoms with Crippen molar-refractivity contribution in [1.82, 2.24) is 0 Å². The van der Waals surface area contributed by atoms with Crippen LogP contribution in [0, 0.1) is 0 Å². The fourth-order valence-corrected chi connectivity index (χ4v) is 2.17. The first-order chi connectivity index (χ1) is 7.35. The lowest BCUT2D eigenvalue weighted by molar-refractivity contribution is 0.415. The molecule has 1 aromatic heterocycles. The highest BCUT2D eigenvalue weighted by Crippen LogP contribution is 2.29. The zero-order valence-electron chi connectivity index (χ0n) is 8.57. The van der Waals surface area contributed by atoms with E-state index >= 15 is 0 Å². The molecule has 1 heterocycles. The first kappa shape index (κ1) is 9.99. The standard InChI is InChI=1S/C13H12OS/c1-3-10-8-12(14-2)4-5-13(10)11-6-7-15-9-11/h3-9H,1H2,2H3. The molecule has 0 saturated carbocycles. The van der Waals surface area contributed by atoms with Crippen molar-refractivity contribution >= 4 is 17.4 Å². The molecule has 0 saturated heterocycles. The molecule has 0 aliphatic heterocycles. The highest BCUT2D eigenvalue weighted by atomic mass is 32.1. The zero-order chi connectivity index (χ0) is 10.7. The number of methoxy groups -OCH3 is 1. The molecule has 0 amide bonds. The van der Waals surface area contributed by atoms with E-state index in [1.54, 1.807) is 18.4 Å². The van der Waals surface area contributed by atoms with Gasteiger partial charge >= 0.3 is 0 Å². The molecule has 0 spiro atoms. The molecule has 1 aromatic carbocycles. The van der Waals surface area contributed by atoms with Gasteiger partial charge in [-0.25, -0.2) is 0 Å². The quantitative estimate of drug-likeness (QED) is 0.751. The van der Waals surface area contributed by atoms with Crippen molar-refractivity contribution < 1.29 is 4.74 Å². The van der Waals surface area contributed by atoms with E-state index in [2.05, 4.69) is 29.5 Å². The van der Waals surface area contributed by atoms with E-state index in [4.69, 9.17) is 4.74 Å². The highest BCUT2D eigenvalue weighted by Gasteiger charge is 2.04. The van der Waals surface area contributed by atoms with Gasteiger partial charge in [0.25, 0.3) is 0 Å². The van der Waals surface area contributed by atoms with Crippen molar-refractivity contribution in [3.63, 3.8) is 0 Å². The van der Waals surface area contributed by atoms with Gasteiger partial charge in [-0.1, -0.05) is 18.7 Å². The molecular formula is C13H12OS. The van der Waals surface area contributed by atoms with Gasteiger partial charge in [0.1, 0.15) is 5.75 Å². The van der Waals surface area contributed by atoms with Gasteiger partial charge in [-0.3, -0.25) is 0 Å². The molecule has 0 aliphatic rings. The molecule has 0 bridgehead atoms. The van der Waals surface area contributed by atoms with Crippen LogP contribution in [0.5, 0.6) is 5.75 Å². The Morgan fingerprint density at radius 2 is 2.20 bits per heavy atom. The Balaban J connectivity index is 2.52. The molecule has 0 atom stereocenters. The van der Waals surface area contributed by atoms with Gasteiger partial charge < -0.3 is 4.74 Å². The van der Waals surface area contributed by atoms with Gasteiger partial charge in [0.2, 0.25) is 0 Å². The first-order valence-corrected chi connectivity index (χ1v) is 5.62. The largest absolute Gasteiger partial charge is 0.497 e. The van der Waals surface area contributed by atoms with E-state index in [-0.39, 0.29) is 0 Å². The van der Waals surface area contributed by atoms with Crippen LogP contribution >= 0.6 is 11.3 Å². The minimum atomic E-state index is 0.865. The van der Waals surface area contributed by atoms with Gasteiger partial charge in [0, 0.05) is 0 Å². The molecule has 0 aliphatic carbocycles. The molecular weight excluding hydrogens is 204 g/mol. The van der Waals surface area contributed by atoms with Gasteiger partial charge in [-0.2, -0.15) is 11.3 Å². The summed E-state index contributed by atoms with van der Waals surface area (Å²) in [6, 6.07) is 8.15. The third-order valence-electron chi connectivity index (χ3n) is 2.31. The second kappa shape index (κ2) is 4.32. The summed E-state index contributed by atoms with van der Waals surface area (Å²) in [5.74, 6) is 0.865. The molecule has 0 unspecified atom stereocenters. The van der Waals surface area contributed by atoms with Crippen LogP contribution in [-0.2, 0) is 0 Å². The van der Waals surface area contributed by atoms with Gasteiger partial charge in [-0.05, 0) is 45.6 Å². The fourth-order valence-electron chi connectivity index (χ4n) is 1.52. The summed E-state index contributed by atoms with van der Waals surface area (Å²) in [7, 11) is 1.67. The Labute approximate surface area is 93.6 Å². The predicted octanol–water partition coefficient (Wildman–Crippen LogP) is 4.07. The normalized spacial score (nSPS) is 9.93. The average molecular weight is 216 g/mol. The van der Waals surface area contributed by atoms with Crippen LogP contribution in [0.25, 0.3) is 17.2 Å². The smallest absolute Gasteiger partial charge is 0.119 e. The SMILES string of the molecule is C=Cc1cc(OC)ccc1-c1ccsc1. The van der Waals surface area contributed by atoms with Crippen LogP contribution in [0.2, 0.25) is 0 Å². The van der Waals surface area contributed by atoms with E-state index in [1.165, 1.54) is 11.1 Å². The Bertz CT molecular complexity index is 457. The number of hydrogen-bond donors (Lipinski definition) is 0. The minimum Gasteiger partial charge on any atom is -0.497 e. The van der Waals surface area contributed by atoms with E-state index in [0.717, 1.165) is 11.3 Å². The molecule has 0 N–H and O–H groups in total. The number of benzene rings is 1. The molecule has 2 rings (SSSR count). The van der Waals surface area contributed by atoms with Crippen molar-refractivity contribution in [3.05, 3.63) is 47.2 Å². The fraction of sp³-hybridized carbons (Fsp3) is 0.0769. The molecule has 76 valence electrons. The third kappa shape index (κ3) is 1.95. The summed E-state index contributed by atoms with van der Waals surface area (Å²) in [6.07, 6.45) is 1.86. The summed E-state index contributed by atoms with van der Waals surface area (Å²) in [6.45, 7) is 3.82. The summed E-state index contributed by atoms with van der Waals surface area (Å²) in [4.78, 5) is 0. The lowest BCUT2D eigenvalue weighted by atomic mass is 10.0. The van der Waals surface area contributed by atoms with Crippen molar-refractivity contribution in [2.24, 2.45) is 0 Å². The summed E-state index contributed by atoms with van der Waals surface area (Å²) in [5, 5.41) is 4.21. The Morgan fingerprint density at radius 1 is 1.33 bits per heavy atom. The molecule has 0 fully saturated rings. The molecule has 0 radical (unpaired) electrons. The zero-order valence-corrected chi connectivity index (χ0v) is 9.38. The van der Waals surface area contributed by atoms with Crippen LogP contribution in [0.3, 0.4) is 0 Å². The van der Waals surface area contributed by atoms with Crippen LogP contribution < -0.4 is 4.74 Å². The van der Waals surface area contributed by atoms with Crippen molar-refractivity contribution in [3.8, 4) is 16.9 Å². The first-order valence-electron chi connectivity index (χ1n) is 4.68. The second-order valence-corrected chi connectivity index (χ2v) is 3.95. The molecule has 1 nitrogen and oxygen atoms in total. The predicted molar refractivity (Wildman–Crippen MR) is 66.4 cm³/mol. The molecule has 15 heavy (non-hydrogen) atoms. The number of hydrogen-bond acceptors (Lipinski definition) is 2. The number of thiophene rings is 1. The van der Waals surface area contributed by atoms with Crippen LogP contribution in [0.4, 0.5) is 0 Å². The van der Waals surface area contributed by atoms with Crippen LogP contribution in [0.15, 0.2) is 41.6 Å². The monoisotopic (exact) mass is 216 g/mol. The van der Waals surface area contributed by atoms with Gasteiger partial charge in [0.05, 0.1) is 7.11 Å². The minimum absolute atomic E-state index is 0.865. The van der Waals surface area contributed by atoms with Gasteiger partial charge in [0.15, 0.2) is 0 Å². The highest BCUT2D eigenvalue weighted by molar-refractivity contribution is 7.08. The molecule has 2 aromatic rings. The van der Waals surface area contributed by atoms with E-state index in [9.17, 15) is 0 Å². The topological polar surface area (TPSA) is 9.23 Å². The Morgan fingerprint density at radius 3 is 2.80 bits per heavy atom. The third-order valence-corrected chi connectivity index (χ3v) is 2.99. The van der Waals surface area contributed by atoms with Crippen LogP contribution in [-0.4, -0.2) is 7.11 Å². The van der Waals surface area contributed by atoms with E-state index < -0.39 is 0 Å². The maximum Gasteiger partial charge on any atom is 0.119 e. The summed E-state index contributed by atoms with van der Waals surface area (Å²) >= 11 is 1.70.